The maximum atomic E-state index is 11.7. The van der Waals surface area contributed by atoms with Crippen molar-refractivity contribution >= 4 is 11.7 Å². The van der Waals surface area contributed by atoms with Crippen LogP contribution in [0.4, 0.5) is 0 Å². The third-order valence-electron chi connectivity index (χ3n) is 2.30. The van der Waals surface area contributed by atoms with Crippen LogP contribution in [0.3, 0.4) is 0 Å². The van der Waals surface area contributed by atoms with E-state index in [2.05, 4.69) is 5.16 Å². The second-order valence-electron chi connectivity index (χ2n) is 4.43. The molecule has 0 amide bonds. The lowest BCUT2D eigenvalue weighted by Crippen LogP contribution is -2.12. The van der Waals surface area contributed by atoms with Gasteiger partial charge in [-0.25, -0.2) is 0 Å². The number of rotatable bonds is 5. The predicted octanol–water partition coefficient (Wildman–Crippen LogP) is 3.01. The van der Waals surface area contributed by atoms with Crippen LogP contribution >= 0.6 is 0 Å². The first kappa shape index (κ1) is 14.2. The first-order valence-corrected chi connectivity index (χ1v) is 5.92. The first-order valence-electron chi connectivity index (χ1n) is 5.92. The Morgan fingerprint density at radius 2 is 2.00 bits per heavy atom. The van der Waals surface area contributed by atoms with Crippen LogP contribution in [0.1, 0.15) is 32.8 Å². The number of esters is 1. The van der Waals surface area contributed by atoms with E-state index in [1.165, 1.54) is 7.11 Å². The summed E-state index contributed by atoms with van der Waals surface area (Å²) in [5.74, 6) is 0.558. The van der Waals surface area contributed by atoms with Crippen molar-refractivity contribution in [2.75, 3.05) is 7.11 Å². The summed E-state index contributed by atoms with van der Waals surface area (Å²) in [5.41, 5.74) is 1.43. The minimum atomic E-state index is -0.234. The molecule has 98 valence electrons. The van der Waals surface area contributed by atoms with E-state index in [0.29, 0.717) is 17.9 Å². The molecule has 0 spiro atoms. The fraction of sp³-hybridized carbons (Fsp3) is 0.429. The maximum absolute atomic E-state index is 11.7. The van der Waals surface area contributed by atoms with Crippen molar-refractivity contribution in [1.29, 1.82) is 0 Å². The van der Waals surface area contributed by atoms with E-state index in [1.807, 2.05) is 32.0 Å². The van der Waals surface area contributed by atoms with E-state index in [-0.39, 0.29) is 11.9 Å². The van der Waals surface area contributed by atoms with Gasteiger partial charge in [-0.1, -0.05) is 31.1 Å². The van der Waals surface area contributed by atoms with Gasteiger partial charge < -0.3 is 9.57 Å². The van der Waals surface area contributed by atoms with Gasteiger partial charge in [0.05, 0.1) is 5.71 Å². The van der Waals surface area contributed by atoms with Crippen molar-refractivity contribution in [3.8, 4) is 5.75 Å². The second kappa shape index (κ2) is 6.79. The van der Waals surface area contributed by atoms with Crippen LogP contribution in [-0.4, -0.2) is 18.8 Å². The average molecular weight is 249 g/mol. The summed E-state index contributed by atoms with van der Waals surface area (Å²) in [4.78, 5) is 16.4. The van der Waals surface area contributed by atoms with Gasteiger partial charge in [0.25, 0.3) is 0 Å². The normalized spacial score (nSPS) is 11.5. The highest BCUT2D eigenvalue weighted by Crippen LogP contribution is 2.20. The molecule has 0 N–H and O–H groups in total. The van der Waals surface area contributed by atoms with Crippen LogP contribution in [0.15, 0.2) is 29.4 Å². The number of carbonyl (C=O) groups excluding carboxylic acids is 1. The van der Waals surface area contributed by atoms with Gasteiger partial charge in [-0.3, -0.25) is 4.79 Å². The van der Waals surface area contributed by atoms with Crippen LogP contribution in [0, 0.1) is 5.92 Å². The van der Waals surface area contributed by atoms with Crippen LogP contribution in [0.2, 0.25) is 0 Å². The Balaban J connectivity index is 2.89. The summed E-state index contributed by atoms with van der Waals surface area (Å²) in [6.45, 7) is 5.76. The highest BCUT2D eigenvalue weighted by Gasteiger charge is 2.12. The fourth-order valence-corrected chi connectivity index (χ4v) is 1.54. The number of hydrogen-bond donors (Lipinski definition) is 0. The molecular formula is C14H19NO3. The van der Waals surface area contributed by atoms with Crippen molar-refractivity contribution in [3.05, 3.63) is 29.8 Å². The van der Waals surface area contributed by atoms with Gasteiger partial charge in [-0.15, -0.1) is 0 Å². The minimum Gasteiger partial charge on any atom is -0.426 e. The molecule has 0 atom stereocenters. The Bertz CT molecular complexity index is 438. The zero-order valence-electron chi connectivity index (χ0n) is 11.3. The fourth-order valence-electron chi connectivity index (χ4n) is 1.54. The topological polar surface area (TPSA) is 47.9 Å². The van der Waals surface area contributed by atoms with Gasteiger partial charge in [-0.05, 0) is 25.0 Å². The Morgan fingerprint density at radius 1 is 1.33 bits per heavy atom. The summed E-state index contributed by atoms with van der Waals surface area (Å²) in [7, 11) is 1.48. The molecule has 4 heteroatoms. The summed E-state index contributed by atoms with van der Waals surface area (Å²) in [6.07, 6.45) is 0.398. The summed E-state index contributed by atoms with van der Waals surface area (Å²) < 4.78 is 5.35. The van der Waals surface area contributed by atoms with Gasteiger partial charge in [-0.2, -0.15) is 0 Å². The molecule has 0 aliphatic heterocycles. The Labute approximate surface area is 108 Å². The molecule has 0 aliphatic rings. The summed E-state index contributed by atoms with van der Waals surface area (Å²) >= 11 is 0. The van der Waals surface area contributed by atoms with Gasteiger partial charge in [0.1, 0.15) is 12.9 Å². The van der Waals surface area contributed by atoms with Gasteiger partial charge >= 0.3 is 5.97 Å². The molecule has 0 fully saturated rings. The summed E-state index contributed by atoms with van der Waals surface area (Å²) in [6, 6.07) is 7.28. The quantitative estimate of drug-likeness (QED) is 0.349. The zero-order valence-corrected chi connectivity index (χ0v) is 11.3. The minimum absolute atomic E-state index is 0.234. The SMILES string of the molecule is CO/N=C(\C)c1ccccc1OC(=O)CC(C)C. The third-order valence-corrected chi connectivity index (χ3v) is 2.30. The van der Waals surface area contributed by atoms with Crippen molar-refractivity contribution in [1.82, 2.24) is 0 Å². The number of para-hydroxylation sites is 1. The second-order valence-corrected chi connectivity index (χ2v) is 4.43. The number of nitrogens with zero attached hydrogens (tertiary/aromatic N) is 1. The van der Waals surface area contributed by atoms with Crippen molar-refractivity contribution in [2.24, 2.45) is 11.1 Å². The van der Waals surface area contributed by atoms with Crippen LogP contribution in [0.5, 0.6) is 5.75 Å². The standard InChI is InChI=1S/C14H19NO3/c1-10(2)9-14(16)18-13-8-6-5-7-12(13)11(3)15-17-4/h5-8,10H,9H2,1-4H3/b15-11+. The van der Waals surface area contributed by atoms with Crippen LogP contribution in [0.25, 0.3) is 0 Å². The predicted molar refractivity (Wildman–Crippen MR) is 70.8 cm³/mol. The lowest BCUT2D eigenvalue weighted by Gasteiger charge is -2.10. The van der Waals surface area contributed by atoms with Crippen LogP contribution in [-0.2, 0) is 9.63 Å². The highest BCUT2D eigenvalue weighted by molar-refractivity contribution is 6.01. The number of benzene rings is 1. The van der Waals surface area contributed by atoms with Crippen molar-refractivity contribution < 1.29 is 14.4 Å². The molecule has 1 aromatic carbocycles. The monoisotopic (exact) mass is 249 g/mol. The molecule has 18 heavy (non-hydrogen) atoms. The third kappa shape index (κ3) is 4.20. The molecule has 0 bridgehead atoms. The van der Waals surface area contributed by atoms with E-state index < -0.39 is 0 Å². The first-order chi connectivity index (χ1) is 8.54. The molecule has 0 heterocycles. The lowest BCUT2D eigenvalue weighted by molar-refractivity contribution is -0.135. The molecule has 0 aromatic heterocycles. The van der Waals surface area contributed by atoms with Crippen molar-refractivity contribution in [3.63, 3.8) is 0 Å². The number of oxime groups is 1. The molecule has 4 nitrogen and oxygen atoms in total. The van der Waals surface area contributed by atoms with Crippen LogP contribution < -0.4 is 4.74 Å². The Morgan fingerprint density at radius 3 is 2.61 bits per heavy atom. The van der Waals surface area contributed by atoms with Crippen molar-refractivity contribution in [2.45, 2.75) is 27.2 Å². The number of hydrogen-bond acceptors (Lipinski definition) is 4. The van der Waals surface area contributed by atoms with E-state index in [9.17, 15) is 4.79 Å². The van der Waals surface area contributed by atoms with E-state index in [0.717, 1.165) is 5.56 Å². The molecule has 1 rings (SSSR count). The van der Waals surface area contributed by atoms with Gasteiger partial charge in [0.15, 0.2) is 0 Å². The zero-order chi connectivity index (χ0) is 13.5. The molecule has 0 saturated heterocycles. The molecule has 0 radical (unpaired) electrons. The molecule has 0 unspecified atom stereocenters. The molecule has 1 aromatic rings. The highest BCUT2D eigenvalue weighted by atomic mass is 16.6. The molecule has 0 aliphatic carbocycles. The van der Waals surface area contributed by atoms with E-state index >= 15 is 0 Å². The van der Waals surface area contributed by atoms with Gasteiger partial charge in [0, 0.05) is 12.0 Å². The average Bonchev–Trinajstić information content (AvgIpc) is 2.28. The smallest absolute Gasteiger partial charge is 0.311 e. The number of carbonyl (C=O) groups is 1. The number of ether oxygens (including phenoxy) is 1. The molecule has 0 saturated carbocycles. The van der Waals surface area contributed by atoms with E-state index in [4.69, 9.17) is 9.57 Å². The Hall–Kier alpha value is -1.84. The van der Waals surface area contributed by atoms with E-state index in [1.54, 1.807) is 13.0 Å². The Kier molecular flexibility index (Phi) is 5.36. The summed E-state index contributed by atoms with van der Waals surface area (Å²) in [5, 5.41) is 3.85. The largest absolute Gasteiger partial charge is 0.426 e. The lowest BCUT2D eigenvalue weighted by atomic mass is 10.1. The molecular weight excluding hydrogens is 230 g/mol. The maximum Gasteiger partial charge on any atom is 0.311 e. The van der Waals surface area contributed by atoms with Gasteiger partial charge in [0.2, 0.25) is 0 Å².